The fourth-order valence-electron chi connectivity index (χ4n) is 3.70. The van der Waals surface area contributed by atoms with Gasteiger partial charge in [-0.3, -0.25) is 9.10 Å². The summed E-state index contributed by atoms with van der Waals surface area (Å²) in [5.41, 5.74) is 0.817. The first-order valence-electron chi connectivity index (χ1n) is 9.86. The van der Waals surface area contributed by atoms with Gasteiger partial charge in [-0.1, -0.05) is 56.1 Å². The molecule has 0 aliphatic heterocycles. The predicted molar refractivity (Wildman–Crippen MR) is 123 cm³/mol. The van der Waals surface area contributed by atoms with Gasteiger partial charge in [0.25, 0.3) is 10.0 Å². The minimum absolute atomic E-state index is 0.0113. The second-order valence-corrected chi connectivity index (χ2v) is 11.8. The summed E-state index contributed by atoms with van der Waals surface area (Å²) < 4.78 is 27.9. The number of amides is 1. The Labute approximate surface area is 185 Å². The number of benzene rings is 2. The van der Waals surface area contributed by atoms with Crippen molar-refractivity contribution in [2.24, 2.45) is 5.41 Å². The first kappa shape index (κ1) is 24.2. The van der Waals surface area contributed by atoms with Crippen molar-refractivity contribution in [1.29, 1.82) is 0 Å². The van der Waals surface area contributed by atoms with Gasteiger partial charge in [-0.15, -0.1) is 0 Å². The summed E-state index contributed by atoms with van der Waals surface area (Å²) in [6.07, 6.45) is 0.744. The molecule has 0 unspecified atom stereocenters. The normalized spacial score (nSPS) is 12.5. The average molecular weight is 451 g/mol. The van der Waals surface area contributed by atoms with E-state index in [1.54, 1.807) is 48.5 Å². The number of nitrogens with zero attached hydrogens (tertiary/aromatic N) is 1. The van der Waals surface area contributed by atoms with Crippen LogP contribution in [0.3, 0.4) is 0 Å². The van der Waals surface area contributed by atoms with Gasteiger partial charge in [-0.25, -0.2) is 8.42 Å². The van der Waals surface area contributed by atoms with E-state index in [-0.39, 0.29) is 22.8 Å². The summed E-state index contributed by atoms with van der Waals surface area (Å²) in [6, 6.07) is 13.1. The zero-order valence-corrected chi connectivity index (χ0v) is 20.1. The first-order chi connectivity index (χ1) is 13.7. The van der Waals surface area contributed by atoms with Crippen molar-refractivity contribution in [3.8, 4) is 0 Å². The fraction of sp³-hybridized carbons (Fsp3) is 0.435. The molecular formula is C23H31ClN2O3S. The third kappa shape index (κ3) is 6.74. The van der Waals surface area contributed by atoms with E-state index in [2.05, 4.69) is 26.1 Å². The molecule has 0 spiro atoms. The Bertz CT molecular complexity index is 994. The minimum Gasteiger partial charge on any atom is -0.350 e. The molecule has 2 aromatic carbocycles. The molecule has 5 nitrogen and oxygen atoms in total. The molecule has 0 saturated carbocycles. The largest absolute Gasteiger partial charge is 0.350 e. The van der Waals surface area contributed by atoms with Gasteiger partial charge >= 0.3 is 0 Å². The van der Waals surface area contributed by atoms with Crippen LogP contribution in [0.1, 0.15) is 46.6 Å². The van der Waals surface area contributed by atoms with E-state index in [1.807, 2.05) is 20.8 Å². The van der Waals surface area contributed by atoms with Crippen molar-refractivity contribution in [3.05, 3.63) is 59.1 Å². The van der Waals surface area contributed by atoms with Crippen molar-refractivity contribution < 1.29 is 13.2 Å². The van der Waals surface area contributed by atoms with E-state index >= 15 is 0 Å². The molecule has 0 saturated heterocycles. The number of rotatable bonds is 7. The van der Waals surface area contributed by atoms with Crippen molar-refractivity contribution in [2.45, 2.75) is 58.4 Å². The zero-order chi connectivity index (χ0) is 22.7. The van der Waals surface area contributed by atoms with Crippen LogP contribution in [0.5, 0.6) is 0 Å². The molecule has 1 N–H and O–H groups in total. The molecule has 0 atom stereocenters. The van der Waals surface area contributed by atoms with Crippen LogP contribution in [0.15, 0.2) is 53.4 Å². The number of hydrogen-bond donors (Lipinski definition) is 1. The van der Waals surface area contributed by atoms with E-state index in [9.17, 15) is 13.2 Å². The lowest BCUT2D eigenvalue weighted by atomic mass is 9.82. The number of anilines is 1. The summed E-state index contributed by atoms with van der Waals surface area (Å²) in [5.74, 6) is -0.375. The van der Waals surface area contributed by atoms with Crippen LogP contribution in [0, 0.1) is 12.3 Å². The Kier molecular flexibility index (Phi) is 7.25. The maximum atomic E-state index is 13.4. The Morgan fingerprint density at radius 3 is 2.17 bits per heavy atom. The topological polar surface area (TPSA) is 66.5 Å². The number of hydrogen-bond acceptors (Lipinski definition) is 3. The maximum Gasteiger partial charge on any atom is 0.264 e. The quantitative estimate of drug-likeness (QED) is 0.632. The SMILES string of the molecule is Cc1ccc(S(=O)(=O)N(CC(=O)NC(C)(C)CC(C)(C)C)c2cccc(Cl)c2)cc1. The van der Waals surface area contributed by atoms with Gasteiger partial charge in [0.05, 0.1) is 10.6 Å². The van der Waals surface area contributed by atoms with Gasteiger partial charge in [-0.2, -0.15) is 0 Å². The number of halogens is 1. The molecule has 0 aliphatic rings. The van der Waals surface area contributed by atoms with E-state index in [4.69, 9.17) is 11.6 Å². The molecule has 0 bridgehead atoms. The molecule has 30 heavy (non-hydrogen) atoms. The minimum atomic E-state index is -3.96. The second kappa shape index (κ2) is 8.98. The van der Waals surface area contributed by atoms with Gasteiger partial charge in [0.1, 0.15) is 6.54 Å². The number of nitrogens with one attached hydrogen (secondary N) is 1. The number of carbonyl (C=O) groups excluding carboxylic acids is 1. The smallest absolute Gasteiger partial charge is 0.264 e. The number of sulfonamides is 1. The van der Waals surface area contributed by atoms with Crippen LogP contribution in [0.25, 0.3) is 0 Å². The second-order valence-electron chi connectivity index (χ2n) is 9.47. The predicted octanol–water partition coefficient (Wildman–Crippen LogP) is 5.17. The van der Waals surface area contributed by atoms with Gasteiger partial charge in [-0.05, 0) is 62.9 Å². The first-order valence-corrected chi connectivity index (χ1v) is 11.7. The molecule has 0 fully saturated rings. The van der Waals surface area contributed by atoms with E-state index in [1.165, 1.54) is 0 Å². The van der Waals surface area contributed by atoms with Crippen LogP contribution >= 0.6 is 11.6 Å². The van der Waals surface area contributed by atoms with Crippen molar-refractivity contribution in [2.75, 3.05) is 10.8 Å². The Morgan fingerprint density at radius 2 is 1.63 bits per heavy atom. The highest BCUT2D eigenvalue weighted by Crippen LogP contribution is 2.28. The van der Waals surface area contributed by atoms with Gasteiger partial charge < -0.3 is 5.32 Å². The Hall–Kier alpha value is -2.05. The van der Waals surface area contributed by atoms with Gasteiger partial charge in [0, 0.05) is 10.6 Å². The van der Waals surface area contributed by atoms with E-state index < -0.39 is 15.6 Å². The van der Waals surface area contributed by atoms with E-state index in [0.717, 1.165) is 16.3 Å². The fourth-order valence-corrected chi connectivity index (χ4v) is 5.30. The summed E-state index contributed by atoms with van der Waals surface area (Å²) in [7, 11) is -3.96. The molecular weight excluding hydrogens is 420 g/mol. The molecule has 0 aliphatic carbocycles. The van der Waals surface area contributed by atoms with Crippen LogP contribution in [0.4, 0.5) is 5.69 Å². The molecule has 164 valence electrons. The highest BCUT2D eigenvalue weighted by Gasteiger charge is 2.31. The van der Waals surface area contributed by atoms with Gasteiger partial charge in [0.2, 0.25) is 5.91 Å². The van der Waals surface area contributed by atoms with Crippen molar-refractivity contribution in [1.82, 2.24) is 5.32 Å². The third-order valence-electron chi connectivity index (χ3n) is 4.44. The Balaban J connectivity index is 2.38. The van der Waals surface area contributed by atoms with Crippen LogP contribution in [0.2, 0.25) is 5.02 Å². The summed E-state index contributed by atoms with van der Waals surface area (Å²) in [4.78, 5) is 13.0. The average Bonchev–Trinajstić information content (AvgIpc) is 2.57. The highest BCUT2D eigenvalue weighted by molar-refractivity contribution is 7.92. The molecule has 0 aromatic heterocycles. The highest BCUT2D eigenvalue weighted by atomic mass is 35.5. The lowest BCUT2D eigenvalue weighted by molar-refractivity contribution is -0.121. The molecule has 0 radical (unpaired) electrons. The summed E-state index contributed by atoms with van der Waals surface area (Å²) >= 11 is 6.10. The van der Waals surface area contributed by atoms with E-state index in [0.29, 0.717) is 10.7 Å². The third-order valence-corrected chi connectivity index (χ3v) is 6.47. The lowest BCUT2D eigenvalue weighted by Gasteiger charge is -2.34. The number of aryl methyl sites for hydroxylation is 1. The van der Waals surface area contributed by atoms with Crippen LogP contribution < -0.4 is 9.62 Å². The zero-order valence-electron chi connectivity index (χ0n) is 18.5. The standard InChI is InChI=1S/C23H31ClN2O3S/c1-17-10-12-20(13-11-17)30(28,29)26(19-9-7-8-18(24)14-19)15-21(27)25-23(5,6)16-22(2,3)4/h7-14H,15-16H2,1-6H3,(H,25,27). The van der Waals surface area contributed by atoms with Gasteiger partial charge in [0.15, 0.2) is 0 Å². The molecule has 0 heterocycles. The maximum absolute atomic E-state index is 13.4. The summed E-state index contributed by atoms with van der Waals surface area (Å²) in [6.45, 7) is 11.7. The summed E-state index contributed by atoms with van der Waals surface area (Å²) in [5, 5.41) is 3.38. The van der Waals surface area contributed by atoms with Crippen LogP contribution in [-0.2, 0) is 14.8 Å². The Morgan fingerprint density at radius 1 is 1.03 bits per heavy atom. The molecule has 2 rings (SSSR count). The van der Waals surface area contributed by atoms with Crippen molar-refractivity contribution >= 4 is 33.2 Å². The number of carbonyl (C=O) groups is 1. The van der Waals surface area contributed by atoms with Crippen molar-refractivity contribution in [3.63, 3.8) is 0 Å². The lowest BCUT2D eigenvalue weighted by Crippen LogP contribution is -2.50. The monoisotopic (exact) mass is 450 g/mol. The molecule has 2 aromatic rings. The molecule has 1 amide bonds. The molecule has 7 heteroatoms. The van der Waals surface area contributed by atoms with Crippen LogP contribution in [-0.4, -0.2) is 26.4 Å².